The standard InChI is InChI=1S/C20H23F3N4O3/c21-20(22,23)14-9-25-8-13(14)7-24-6-11-2-1-3-12-10-27(19(30)17(11)12)15-4-5-16(28)26-18(15)29/h1-3,13-15,24-25H,4-10H2,(H,26,28,29)/t13-,14-,15?/m1/s1. The van der Waals surface area contributed by atoms with E-state index in [0.29, 0.717) is 17.7 Å². The van der Waals surface area contributed by atoms with Crippen LogP contribution >= 0.6 is 0 Å². The number of hydrogen-bond donors (Lipinski definition) is 3. The van der Waals surface area contributed by atoms with Crippen molar-refractivity contribution in [2.24, 2.45) is 11.8 Å². The van der Waals surface area contributed by atoms with Crippen LogP contribution in [0.5, 0.6) is 0 Å². The van der Waals surface area contributed by atoms with Gasteiger partial charge in [-0.1, -0.05) is 18.2 Å². The third-order valence-electron chi connectivity index (χ3n) is 6.12. The van der Waals surface area contributed by atoms with Gasteiger partial charge in [0.15, 0.2) is 0 Å². The molecule has 30 heavy (non-hydrogen) atoms. The van der Waals surface area contributed by atoms with Crippen LogP contribution in [0.15, 0.2) is 18.2 Å². The van der Waals surface area contributed by atoms with Crippen molar-refractivity contribution in [1.82, 2.24) is 20.9 Å². The molecule has 3 amide bonds. The Balaban J connectivity index is 1.42. The summed E-state index contributed by atoms with van der Waals surface area (Å²) < 4.78 is 39.3. The summed E-state index contributed by atoms with van der Waals surface area (Å²) >= 11 is 0. The van der Waals surface area contributed by atoms with E-state index in [9.17, 15) is 27.6 Å². The molecule has 0 saturated carbocycles. The lowest BCUT2D eigenvalue weighted by molar-refractivity contribution is -0.178. The SMILES string of the molecule is O=C1CCC(N2Cc3cccc(CNC[C@@H]4CNC[C@H]4C(F)(F)F)c3C2=O)C(=O)N1. The third-order valence-corrected chi connectivity index (χ3v) is 6.12. The van der Waals surface area contributed by atoms with Gasteiger partial charge >= 0.3 is 6.18 Å². The van der Waals surface area contributed by atoms with Crippen molar-refractivity contribution in [2.75, 3.05) is 19.6 Å². The molecule has 3 aliphatic rings. The summed E-state index contributed by atoms with van der Waals surface area (Å²) in [5.41, 5.74) is 1.97. The number of hydrogen-bond acceptors (Lipinski definition) is 5. The van der Waals surface area contributed by atoms with Crippen molar-refractivity contribution in [3.8, 4) is 0 Å². The Kier molecular flexibility index (Phi) is 5.54. The number of fused-ring (bicyclic) bond motifs is 1. The van der Waals surface area contributed by atoms with Crippen molar-refractivity contribution in [3.05, 3.63) is 34.9 Å². The number of benzene rings is 1. The largest absolute Gasteiger partial charge is 0.393 e. The lowest BCUT2D eigenvalue weighted by atomic mass is 9.95. The number of halogens is 3. The molecule has 0 spiro atoms. The van der Waals surface area contributed by atoms with Gasteiger partial charge in [-0.25, -0.2) is 0 Å². The van der Waals surface area contributed by atoms with Gasteiger partial charge in [0.2, 0.25) is 11.8 Å². The van der Waals surface area contributed by atoms with Crippen molar-refractivity contribution < 1.29 is 27.6 Å². The third kappa shape index (κ3) is 3.93. The number of amides is 3. The van der Waals surface area contributed by atoms with Crippen LogP contribution in [0.1, 0.15) is 34.3 Å². The van der Waals surface area contributed by atoms with Crippen LogP contribution < -0.4 is 16.0 Å². The Hall–Kier alpha value is -2.46. The van der Waals surface area contributed by atoms with E-state index in [0.717, 1.165) is 5.56 Å². The molecule has 4 rings (SSSR count). The molecule has 0 aliphatic carbocycles. The molecular formula is C20H23F3N4O3. The van der Waals surface area contributed by atoms with Crippen molar-refractivity contribution in [1.29, 1.82) is 0 Å². The lowest BCUT2D eigenvalue weighted by Crippen LogP contribution is -2.52. The van der Waals surface area contributed by atoms with Gasteiger partial charge in [0.1, 0.15) is 6.04 Å². The molecule has 2 fully saturated rings. The van der Waals surface area contributed by atoms with Crippen LogP contribution in [-0.4, -0.2) is 54.5 Å². The van der Waals surface area contributed by atoms with Crippen LogP contribution in [0.3, 0.4) is 0 Å². The molecule has 0 radical (unpaired) electrons. The average molecular weight is 424 g/mol. The maximum atomic E-state index is 13.1. The molecule has 1 unspecified atom stereocenters. The van der Waals surface area contributed by atoms with Gasteiger partial charge in [0.25, 0.3) is 5.91 Å². The van der Waals surface area contributed by atoms with E-state index in [1.54, 1.807) is 12.1 Å². The first-order valence-electron chi connectivity index (χ1n) is 9.99. The summed E-state index contributed by atoms with van der Waals surface area (Å²) in [6.07, 6.45) is -3.77. The summed E-state index contributed by atoms with van der Waals surface area (Å²) in [7, 11) is 0. The van der Waals surface area contributed by atoms with E-state index in [-0.39, 0.29) is 50.8 Å². The minimum atomic E-state index is -4.23. The van der Waals surface area contributed by atoms with Gasteiger partial charge in [-0.3, -0.25) is 19.7 Å². The van der Waals surface area contributed by atoms with Crippen molar-refractivity contribution in [3.63, 3.8) is 0 Å². The fourth-order valence-electron chi connectivity index (χ4n) is 4.56. The Bertz CT molecular complexity index is 873. The lowest BCUT2D eigenvalue weighted by Gasteiger charge is -2.29. The highest BCUT2D eigenvalue weighted by atomic mass is 19.4. The minimum Gasteiger partial charge on any atom is -0.322 e. The number of nitrogens with zero attached hydrogens (tertiary/aromatic N) is 1. The van der Waals surface area contributed by atoms with Gasteiger partial charge in [0, 0.05) is 38.2 Å². The van der Waals surface area contributed by atoms with E-state index in [4.69, 9.17) is 0 Å². The second kappa shape index (κ2) is 7.99. The monoisotopic (exact) mass is 424 g/mol. The Morgan fingerprint density at radius 1 is 1.17 bits per heavy atom. The molecule has 3 N–H and O–H groups in total. The summed E-state index contributed by atoms with van der Waals surface area (Å²) in [4.78, 5) is 38.0. The quantitative estimate of drug-likeness (QED) is 0.612. The van der Waals surface area contributed by atoms with Crippen LogP contribution in [0.4, 0.5) is 13.2 Å². The normalized spacial score (nSPS) is 26.8. The summed E-state index contributed by atoms with van der Waals surface area (Å²) in [6.45, 7) is 0.949. The number of carbonyl (C=O) groups is 3. The Morgan fingerprint density at radius 2 is 1.97 bits per heavy atom. The summed E-state index contributed by atoms with van der Waals surface area (Å²) in [5, 5.41) is 8.13. The smallest absolute Gasteiger partial charge is 0.322 e. The maximum Gasteiger partial charge on any atom is 0.393 e. The fourth-order valence-corrected chi connectivity index (χ4v) is 4.56. The van der Waals surface area contributed by atoms with Crippen molar-refractivity contribution >= 4 is 17.7 Å². The highest BCUT2D eigenvalue weighted by molar-refractivity contribution is 6.05. The van der Waals surface area contributed by atoms with Crippen LogP contribution in [0.25, 0.3) is 0 Å². The Morgan fingerprint density at radius 3 is 2.70 bits per heavy atom. The number of nitrogens with one attached hydrogen (secondary N) is 3. The maximum absolute atomic E-state index is 13.1. The number of piperidine rings is 1. The van der Waals surface area contributed by atoms with E-state index < -0.39 is 30.0 Å². The molecular weight excluding hydrogens is 401 g/mol. The van der Waals surface area contributed by atoms with Gasteiger partial charge in [-0.05, 0) is 30.0 Å². The number of rotatable bonds is 5. The molecule has 3 heterocycles. The average Bonchev–Trinajstić information content (AvgIpc) is 3.27. The number of imide groups is 1. The Labute approximate surface area is 171 Å². The number of alkyl halides is 3. The van der Waals surface area contributed by atoms with Crippen LogP contribution in [0, 0.1) is 11.8 Å². The zero-order valence-corrected chi connectivity index (χ0v) is 16.2. The first kappa shape index (κ1) is 20.8. The predicted octanol–water partition coefficient (Wildman–Crippen LogP) is 0.935. The number of carbonyl (C=O) groups excluding carboxylic acids is 3. The minimum absolute atomic E-state index is 0.0734. The topological polar surface area (TPSA) is 90.5 Å². The molecule has 1 aromatic rings. The van der Waals surface area contributed by atoms with Gasteiger partial charge in [0.05, 0.1) is 5.92 Å². The molecule has 10 heteroatoms. The molecule has 0 bridgehead atoms. The van der Waals surface area contributed by atoms with E-state index >= 15 is 0 Å². The van der Waals surface area contributed by atoms with E-state index in [1.165, 1.54) is 4.90 Å². The highest BCUT2D eigenvalue weighted by Gasteiger charge is 2.46. The van der Waals surface area contributed by atoms with Crippen molar-refractivity contribution in [2.45, 2.75) is 38.1 Å². The molecule has 7 nitrogen and oxygen atoms in total. The molecule has 162 valence electrons. The van der Waals surface area contributed by atoms with Gasteiger partial charge < -0.3 is 15.5 Å². The second-order valence-electron chi connectivity index (χ2n) is 8.05. The van der Waals surface area contributed by atoms with E-state index in [2.05, 4.69) is 16.0 Å². The highest BCUT2D eigenvalue weighted by Crippen LogP contribution is 2.34. The molecule has 3 atom stereocenters. The molecule has 0 aromatic heterocycles. The van der Waals surface area contributed by atoms with Crippen LogP contribution in [0.2, 0.25) is 0 Å². The molecule has 1 aromatic carbocycles. The molecule has 3 aliphatic heterocycles. The van der Waals surface area contributed by atoms with E-state index in [1.807, 2.05) is 6.07 Å². The predicted molar refractivity (Wildman–Crippen MR) is 100 cm³/mol. The van der Waals surface area contributed by atoms with Gasteiger partial charge in [-0.15, -0.1) is 0 Å². The fraction of sp³-hybridized carbons (Fsp3) is 0.550. The molecule has 2 saturated heterocycles. The second-order valence-corrected chi connectivity index (χ2v) is 8.05. The first-order chi connectivity index (χ1) is 14.3. The van der Waals surface area contributed by atoms with Crippen LogP contribution in [-0.2, 0) is 22.7 Å². The summed E-state index contributed by atoms with van der Waals surface area (Å²) in [5.74, 6) is -3.04. The zero-order chi connectivity index (χ0) is 21.5. The zero-order valence-electron chi connectivity index (χ0n) is 16.2. The summed E-state index contributed by atoms with van der Waals surface area (Å²) in [6, 6.07) is 4.68. The van der Waals surface area contributed by atoms with Gasteiger partial charge in [-0.2, -0.15) is 13.2 Å². The first-order valence-corrected chi connectivity index (χ1v) is 9.99.